The van der Waals surface area contributed by atoms with E-state index in [1.807, 2.05) is 25.5 Å². The van der Waals surface area contributed by atoms with Crippen molar-refractivity contribution in [2.75, 3.05) is 0 Å². The van der Waals surface area contributed by atoms with Crippen LogP contribution in [0.2, 0.25) is 5.02 Å². The van der Waals surface area contributed by atoms with E-state index < -0.39 is 5.60 Å². The number of carbonyl (C=O) groups excluding carboxylic acids is 1. The Bertz CT molecular complexity index is 943. The molecule has 156 valence electrons. The van der Waals surface area contributed by atoms with Gasteiger partial charge in [0.1, 0.15) is 5.56 Å². The Morgan fingerprint density at radius 3 is 2.45 bits per heavy atom. The maximum absolute atomic E-state index is 13.4. The van der Waals surface area contributed by atoms with Crippen LogP contribution in [0.5, 0.6) is 0 Å². The maximum Gasteiger partial charge on any atom is 0.256 e. The van der Waals surface area contributed by atoms with Crippen LogP contribution in [0.25, 0.3) is 5.82 Å². The third-order valence-electron chi connectivity index (χ3n) is 6.93. The lowest BCUT2D eigenvalue weighted by molar-refractivity contribution is -0.136. The first kappa shape index (κ1) is 19.1. The SMILES string of the molecule is CC(C)(C)n1ncc(C(=O)NC2C3CC4CC2CC(O)(C4)C3)c1-n1cc(Cl)cn1. The second-order valence-corrected chi connectivity index (χ2v) is 10.7. The Hall–Kier alpha value is -1.86. The average Bonchev–Trinajstić information content (AvgIpc) is 3.22. The molecule has 0 aromatic carbocycles. The zero-order chi connectivity index (χ0) is 20.6. The topological polar surface area (TPSA) is 85.0 Å². The molecule has 0 aliphatic heterocycles. The standard InChI is InChI=1S/C21H28ClN5O2/c1-20(2,3)27-19(26-11-15(22)9-23-26)16(10-24-27)18(28)25-17-13-4-12-5-14(17)8-21(29,6-12)7-13/h9-14,17,29H,4-8H2,1-3H3,(H,25,28). The van der Waals surface area contributed by atoms with Crippen molar-refractivity contribution in [2.24, 2.45) is 17.8 Å². The fourth-order valence-electron chi connectivity index (χ4n) is 6.08. The Morgan fingerprint density at radius 2 is 1.90 bits per heavy atom. The van der Waals surface area contributed by atoms with Gasteiger partial charge in [-0.05, 0) is 70.6 Å². The van der Waals surface area contributed by atoms with Gasteiger partial charge in [-0.15, -0.1) is 0 Å². The molecule has 6 rings (SSSR count). The molecule has 0 radical (unpaired) electrons. The number of nitrogens with zero attached hydrogens (tertiary/aromatic N) is 4. The van der Waals surface area contributed by atoms with Crippen LogP contribution in [-0.2, 0) is 5.54 Å². The second-order valence-electron chi connectivity index (χ2n) is 10.3. The lowest BCUT2D eigenvalue weighted by Gasteiger charge is -2.58. The minimum Gasteiger partial charge on any atom is -0.390 e. The highest BCUT2D eigenvalue weighted by molar-refractivity contribution is 6.30. The predicted octanol–water partition coefficient (Wildman–Crippen LogP) is 3.15. The Labute approximate surface area is 175 Å². The molecule has 4 bridgehead atoms. The fraction of sp³-hybridized carbons (Fsp3) is 0.667. The Morgan fingerprint density at radius 1 is 1.21 bits per heavy atom. The van der Waals surface area contributed by atoms with Gasteiger partial charge in [-0.3, -0.25) is 4.79 Å². The summed E-state index contributed by atoms with van der Waals surface area (Å²) in [7, 11) is 0. The van der Waals surface area contributed by atoms with Crippen LogP contribution in [0.3, 0.4) is 0 Å². The summed E-state index contributed by atoms with van der Waals surface area (Å²) in [5, 5.41) is 23.4. The van der Waals surface area contributed by atoms with Crippen molar-refractivity contribution < 1.29 is 9.90 Å². The van der Waals surface area contributed by atoms with E-state index in [1.54, 1.807) is 23.3 Å². The fourth-order valence-corrected chi connectivity index (χ4v) is 6.21. The first-order valence-electron chi connectivity index (χ1n) is 10.5. The van der Waals surface area contributed by atoms with Gasteiger partial charge in [0.05, 0.1) is 34.8 Å². The maximum atomic E-state index is 13.4. The van der Waals surface area contributed by atoms with Crippen LogP contribution >= 0.6 is 11.6 Å². The van der Waals surface area contributed by atoms with Gasteiger partial charge in [-0.25, -0.2) is 9.36 Å². The van der Waals surface area contributed by atoms with Crippen molar-refractivity contribution in [3.63, 3.8) is 0 Å². The molecule has 4 aliphatic rings. The van der Waals surface area contributed by atoms with Crippen molar-refractivity contribution in [1.29, 1.82) is 0 Å². The van der Waals surface area contributed by atoms with E-state index in [4.69, 9.17) is 11.6 Å². The molecule has 4 fully saturated rings. The third-order valence-corrected chi connectivity index (χ3v) is 7.13. The molecule has 2 N–H and O–H groups in total. The van der Waals surface area contributed by atoms with Crippen LogP contribution in [0.4, 0.5) is 0 Å². The number of amides is 1. The molecular weight excluding hydrogens is 390 g/mol. The predicted molar refractivity (Wildman–Crippen MR) is 109 cm³/mol. The number of hydrogen-bond donors (Lipinski definition) is 2. The number of halogens is 1. The van der Waals surface area contributed by atoms with E-state index in [0.717, 1.165) is 32.1 Å². The molecule has 0 spiro atoms. The summed E-state index contributed by atoms with van der Waals surface area (Å²) in [6.07, 6.45) is 9.61. The van der Waals surface area contributed by atoms with E-state index in [0.29, 0.717) is 34.2 Å². The highest BCUT2D eigenvalue weighted by Gasteiger charge is 2.55. The van der Waals surface area contributed by atoms with Crippen molar-refractivity contribution >= 4 is 17.5 Å². The molecule has 2 aromatic heterocycles. The zero-order valence-corrected chi connectivity index (χ0v) is 17.9. The van der Waals surface area contributed by atoms with Gasteiger partial charge in [-0.1, -0.05) is 11.6 Å². The number of aromatic nitrogens is 4. The number of aliphatic hydroxyl groups is 1. The van der Waals surface area contributed by atoms with Crippen molar-refractivity contribution in [3.05, 3.63) is 29.2 Å². The van der Waals surface area contributed by atoms with E-state index in [2.05, 4.69) is 15.5 Å². The highest BCUT2D eigenvalue weighted by atomic mass is 35.5. The van der Waals surface area contributed by atoms with Crippen LogP contribution in [0.15, 0.2) is 18.6 Å². The Balaban J connectivity index is 1.46. The van der Waals surface area contributed by atoms with Crippen LogP contribution in [0, 0.1) is 17.8 Å². The van der Waals surface area contributed by atoms with E-state index in [9.17, 15) is 9.90 Å². The average molecular weight is 418 g/mol. The lowest BCUT2D eigenvalue weighted by atomic mass is 9.52. The number of hydrogen-bond acceptors (Lipinski definition) is 4. The summed E-state index contributed by atoms with van der Waals surface area (Å²) in [5.74, 6) is 1.80. The van der Waals surface area contributed by atoms with E-state index in [-0.39, 0.29) is 17.5 Å². The minimum absolute atomic E-state index is 0.117. The molecule has 29 heavy (non-hydrogen) atoms. The molecule has 7 nitrogen and oxygen atoms in total. The van der Waals surface area contributed by atoms with Gasteiger partial charge >= 0.3 is 0 Å². The lowest BCUT2D eigenvalue weighted by Crippen LogP contribution is -2.61. The number of nitrogens with one attached hydrogen (secondary N) is 1. The summed E-state index contributed by atoms with van der Waals surface area (Å²) in [6.45, 7) is 6.11. The smallest absolute Gasteiger partial charge is 0.256 e. The van der Waals surface area contributed by atoms with Gasteiger partial charge in [0.15, 0.2) is 5.82 Å². The molecule has 2 aromatic rings. The van der Waals surface area contributed by atoms with Gasteiger partial charge in [0.25, 0.3) is 5.91 Å². The molecule has 1 amide bonds. The second kappa shape index (κ2) is 6.32. The van der Waals surface area contributed by atoms with Gasteiger partial charge < -0.3 is 10.4 Å². The summed E-state index contributed by atoms with van der Waals surface area (Å²) < 4.78 is 3.43. The largest absolute Gasteiger partial charge is 0.390 e. The molecule has 2 unspecified atom stereocenters. The van der Waals surface area contributed by atoms with Crippen molar-refractivity contribution in [2.45, 2.75) is 70.1 Å². The first-order valence-corrected chi connectivity index (χ1v) is 10.8. The van der Waals surface area contributed by atoms with E-state index in [1.165, 1.54) is 0 Å². The third kappa shape index (κ3) is 3.19. The zero-order valence-electron chi connectivity index (χ0n) is 17.1. The molecule has 2 atom stereocenters. The number of carbonyl (C=O) groups is 1. The first-order chi connectivity index (χ1) is 13.6. The van der Waals surface area contributed by atoms with Crippen LogP contribution in [-0.4, -0.2) is 42.2 Å². The normalized spacial score (nSPS) is 33.3. The van der Waals surface area contributed by atoms with Gasteiger partial charge in [-0.2, -0.15) is 10.2 Å². The van der Waals surface area contributed by atoms with E-state index >= 15 is 0 Å². The summed E-state index contributed by atoms with van der Waals surface area (Å²) in [6, 6.07) is 0.117. The minimum atomic E-state index is -0.508. The van der Waals surface area contributed by atoms with Gasteiger partial charge in [0, 0.05) is 6.04 Å². The van der Waals surface area contributed by atoms with Crippen molar-refractivity contribution in [3.8, 4) is 5.82 Å². The highest BCUT2D eigenvalue weighted by Crippen LogP contribution is 2.55. The molecule has 2 heterocycles. The summed E-state index contributed by atoms with van der Waals surface area (Å²) >= 11 is 6.09. The summed E-state index contributed by atoms with van der Waals surface area (Å²) in [4.78, 5) is 13.4. The quantitative estimate of drug-likeness (QED) is 0.803. The molecule has 4 aliphatic carbocycles. The molecule has 4 saturated carbocycles. The summed E-state index contributed by atoms with van der Waals surface area (Å²) in [5.41, 5.74) is -0.337. The van der Waals surface area contributed by atoms with Crippen LogP contribution in [0.1, 0.15) is 63.2 Å². The monoisotopic (exact) mass is 417 g/mol. The van der Waals surface area contributed by atoms with Gasteiger partial charge in [0.2, 0.25) is 0 Å². The number of rotatable bonds is 3. The molecule has 8 heteroatoms. The molecule has 0 saturated heterocycles. The van der Waals surface area contributed by atoms with Crippen LogP contribution < -0.4 is 5.32 Å². The van der Waals surface area contributed by atoms with Crippen molar-refractivity contribution in [1.82, 2.24) is 24.9 Å². The molecular formula is C21H28ClN5O2. The Kier molecular flexibility index (Phi) is 4.17.